The topological polar surface area (TPSA) is 57.5 Å². The van der Waals surface area contributed by atoms with E-state index in [9.17, 15) is 14.0 Å². The number of ether oxygens (including phenoxy) is 2. The molecule has 6 heteroatoms. The van der Waals surface area contributed by atoms with Crippen LogP contribution in [0.25, 0.3) is 21.8 Å². The Kier molecular flexibility index (Phi) is 5.75. The molecule has 5 nitrogen and oxygen atoms in total. The van der Waals surface area contributed by atoms with Gasteiger partial charge in [-0.15, -0.1) is 0 Å². The van der Waals surface area contributed by atoms with Crippen molar-refractivity contribution in [3.8, 4) is 5.75 Å². The minimum absolute atomic E-state index is 0.000125. The number of para-hydroxylation sites is 2. The van der Waals surface area contributed by atoms with E-state index in [0.717, 1.165) is 0 Å². The highest BCUT2D eigenvalue weighted by atomic mass is 19.1. The highest BCUT2D eigenvalue weighted by Crippen LogP contribution is 2.19. The summed E-state index contributed by atoms with van der Waals surface area (Å²) in [7, 11) is 0. The van der Waals surface area contributed by atoms with Crippen molar-refractivity contribution < 1.29 is 18.7 Å². The molecule has 0 amide bonds. The van der Waals surface area contributed by atoms with Crippen LogP contribution >= 0.6 is 0 Å². The van der Waals surface area contributed by atoms with Crippen LogP contribution in [0, 0.1) is 5.82 Å². The SMILES string of the molecule is O=C(Cn1c2ccccc2c(=O)c2ccccc21)OCCCOc1ccc(F)cc1. The highest BCUT2D eigenvalue weighted by Gasteiger charge is 2.13. The summed E-state index contributed by atoms with van der Waals surface area (Å²) in [5.41, 5.74) is 1.33. The van der Waals surface area contributed by atoms with Gasteiger partial charge in [0.1, 0.15) is 18.1 Å². The zero-order valence-corrected chi connectivity index (χ0v) is 16.2. The van der Waals surface area contributed by atoms with Gasteiger partial charge < -0.3 is 14.0 Å². The third-order valence-corrected chi connectivity index (χ3v) is 4.80. The van der Waals surface area contributed by atoms with Crippen LogP contribution in [0.3, 0.4) is 0 Å². The molecule has 3 aromatic carbocycles. The lowest BCUT2D eigenvalue weighted by Crippen LogP contribution is -2.19. The number of halogens is 1. The van der Waals surface area contributed by atoms with E-state index in [4.69, 9.17) is 9.47 Å². The van der Waals surface area contributed by atoms with Crippen LogP contribution in [0.4, 0.5) is 4.39 Å². The van der Waals surface area contributed by atoms with Crippen molar-refractivity contribution >= 4 is 27.8 Å². The Morgan fingerprint density at radius 2 is 1.43 bits per heavy atom. The van der Waals surface area contributed by atoms with Crippen molar-refractivity contribution in [2.24, 2.45) is 0 Å². The number of pyridine rings is 1. The van der Waals surface area contributed by atoms with Gasteiger partial charge in [0.2, 0.25) is 0 Å². The molecule has 0 radical (unpaired) electrons. The first kappa shape index (κ1) is 19.6. The van der Waals surface area contributed by atoms with E-state index in [2.05, 4.69) is 0 Å². The van der Waals surface area contributed by atoms with Gasteiger partial charge in [-0.2, -0.15) is 0 Å². The molecule has 0 aliphatic carbocycles. The summed E-state index contributed by atoms with van der Waals surface area (Å²) in [6.07, 6.45) is 0.509. The Hall–Kier alpha value is -3.67. The largest absolute Gasteiger partial charge is 0.493 e. The van der Waals surface area contributed by atoms with Crippen molar-refractivity contribution in [2.45, 2.75) is 13.0 Å². The lowest BCUT2D eigenvalue weighted by atomic mass is 10.1. The summed E-state index contributed by atoms with van der Waals surface area (Å²) in [5.74, 6) is -0.150. The van der Waals surface area contributed by atoms with E-state index in [-0.39, 0.29) is 24.4 Å². The average Bonchev–Trinajstić information content (AvgIpc) is 2.77. The van der Waals surface area contributed by atoms with E-state index in [1.165, 1.54) is 12.1 Å². The minimum atomic E-state index is -0.393. The minimum Gasteiger partial charge on any atom is -0.493 e. The molecule has 30 heavy (non-hydrogen) atoms. The number of hydrogen-bond donors (Lipinski definition) is 0. The molecule has 0 aliphatic heterocycles. The molecule has 0 spiro atoms. The maximum atomic E-state index is 12.9. The highest BCUT2D eigenvalue weighted by molar-refractivity contribution is 5.94. The van der Waals surface area contributed by atoms with Crippen molar-refractivity contribution in [1.29, 1.82) is 0 Å². The van der Waals surface area contributed by atoms with Gasteiger partial charge in [0.25, 0.3) is 0 Å². The molecular weight excluding hydrogens is 385 g/mol. The molecule has 0 unspecified atom stereocenters. The summed E-state index contributed by atoms with van der Waals surface area (Å²) < 4.78 is 25.5. The lowest BCUT2D eigenvalue weighted by molar-refractivity contribution is -0.144. The van der Waals surface area contributed by atoms with E-state index in [1.54, 1.807) is 24.3 Å². The van der Waals surface area contributed by atoms with Crippen LogP contribution in [-0.4, -0.2) is 23.8 Å². The number of esters is 1. The quantitative estimate of drug-likeness (QED) is 0.261. The van der Waals surface area contributed by atoms with Gasteiger partial charge in [-0.1, -0.05) is 24.3 Å². The Bertz CT molecular complexity index is 1190. The maximum absolute atomic E-state index is 12.9. The Morgan fingerprint density at radius 1 is 0.833 bits per heavy atom. The molecule has 4 rings (SSSR count). The van der Waals surface area contributed by atoms with Gasteiger partial charge in [0.15, 0.2) is 5.43 Å². The van der Waals surface area contributed by atoms with Gasteiger partial charge in [-0.25, -0.2) is 4.39 Å². The van der Waals surface area contributed by atoms with Crippen LogP contribution in [-0.2, 0) is 16.1 Å². The van der Waals surface area contributed by atoms with E-state index in [0.29, 0.717) is 40.6 Å². The van der Waals surface area contributed by atoms with Gasteiger partial charge in [0.05, 0.1) is 24.2 Å². The normalized spacial score (nSPS) is 11.0. The van der Waals surface area contributed by atoms with Crippen molar-refractivity contribution in [3.63, 3.8) is 0 Å². The van der Waals surface area contributed by atoms with Crippen molar-refractivity contribution in [2.75, 3.05) is 13.2 Å². The molecule has 152 valence electrons. The van der Waals surface area contributed by atoms with E-state index in [1.807, 2.05) is 41.0 Å². The molecular formula is C24H20FNO4. The smallest absolute Gasteiger partial charge is 0.325 e. The fraction of sp³-hybridized carbons (Fsp3) is 0.167. The van der Waals surface area contributed by atoms with Gasteiger partial charge in [-0.05, 0) is 48.5 Å². The van der Waals surface area contributed by atoms with Gasteiger partial charge in [0, 0.05) is 17.2 Å². The third-order valence-electron chi connectivity index (χ3n) is 4.80. The zero-order valence-electron chi connectivity index (χ0n) is 16.2. The molecule has 0 atom stereocenters. The number of nitrogens with zero attached hydrogens (tertiary/aromatic N) is 1. The second kappa shape index (κ2) is 8.78. The van der Waals surface area contributed by atoms with Crippen molar-refractivity contribution in [1.82, 2.24) is 4.57 Å². The zero-order chi connectivity index (χ0) is 20.9. The molecule has 0 fully saturated rings. The van der Waals surface area contributed by atoms with Crippen LogP contribution in [0.15, 0.2) is 77.6 Å². The fourth-order valence-electron chi connectivity index (χ4n) is 3.39. The van der Waals surface area contributed by atoms with Crippen LogP contribution in [0.1, 0.15) is 6.42 Å². The molecule has 1 heterocycles. The summed E-state index contributed by atoms with van der Waals surface area (Å²) in [5, 5.41) is 1.13. The van der Waals surface area contributed by atoms with Crippen LogP contribution in [0.2, 0.25) is 0 Å². The number of rotatable bonds is 7. The van der Waals surface area contributed by atoms with Crippen LogP contribution in [0.5, 0.6) is 5.75 Å². The Morgan fingerprint density at radius 3 is 2.07 bits per heavy atom. The number of aromatic nitrogens is 1. The second-order valence-electron chi connectivity index (χ2n) is 6.83. The first-order chi connectivity index (χ1) is 14.6. The molecule has 0 N–H and O–H groups in total. The molecule has 0 saturated heterocycles. The molecule has 4 aromatic rings. The summed E-state index contributed by atoms with van der Waals surface area (Å²) in [6.45, 7) is 0.555. The number of benzene rings is 3. The summed E-state index contributed by atoms with van der Waals surface area (Å²) in [6, 6.07) is 20.2. The summed E-state index contributed by atoms with van der Waals surface area (Å²) in [4.78, 5) is 25.2. The van der Waals surface area contributed by atoms with Crippen LogP contribution < -0.4 is 10.2 Å². The standard InChI is InChI=1S/C24H20FNO4/c25-17-10-12-18(13-11-17)29-14-5-15-30-23(27)16-26-21-8-3-1-6-19(21)24(28)20-7-2-4-9-22(20)26/h1-4,6-13H,5,14-16H2. The number of carbonyl (C=O) groups is 1. The monoisotopic (exact) mass is 405 g/mol. The first-order valence-corrected chi connectivity index (χ1v) is 9.68. The van der Waals surface area contributed by atoms with Gasteiger partial charge >= 0.3 is 5.97 Å². The lowest BCUT2D eigenvalue weighted by Gasteiger charge is -2.14. The average molecular weight is 405 g/mol. The molecule has 1 aromatic heterocycles. The summed E-state index contributed by atoms with van der Waals surface area (Å²) >= 11 is 0. The molecule has 0 aliphatic rings. The predicted molar refractivity (Wildman–Crippen MR) is 113 cm³/mol. The van der Waals surface area contributed by atoms with E-state index < -0.39 is 5.97 Å². The third kappa shape index (κ3) is 4.17. The van der Waals surface area contributed by atoms with Gasteiger partial charge in [-0.3, -0.25) is 9.59 Å². The Balaban J connectivity index is 1.42. The number of carbonyl (C=O) groups excluding carboxylic acids is 1. The second-order valence-corrected chi connectivity index (χ2v) is 6.83. The van der Waals surface area contributed by atoms with Crippen molar-refractivity contribution in [3.05, 3.63) is 88.8 Å². The van der Waals surface area contributed by atoms with E-state index >= 15 is 0 Å². The fourth-order valence-corrected chi connectivity index (χ4v) is 3.39. The maximum Gasteiger partial charge on any atom is 0.325 e. The number of hydrogen-bond acceptors (Lipinski definition) is 4. The molecule has 0 bridgehead atoms. The predicted octanol–water partition coefficient (Wildman–Crippen LogP) is 4.31. The Labute approximate surface area is 172 Å². The molecule has 0 saturated carbocycles. The number of fused-ring (bicyclic) bond motifs is 2. The first-order valence-electron chi connectivity index (χ1n) is 9.68.